The molecular weight excluding hydrogens is 329 g/mol. The number of methoxy groups -OCH3 is 1. The summed E-state index contributed by atoms with van der Waals surface area (Å²) in [5.41, 5.74) is 0. The van der Waals surface area contributed by atoms with Crippen molar-refractivity contribution in [2.45, 2.75) is 75.5 Å². The van der Waals surface area contributed by atoms with Gasteiger partial charge in [0.1, 0.15) is 26.2 Å². The van der Waals surface area contributed by atoms with Gasteiger partial charge in [-0.05, 0) is 12.8 Å². The Kier molecular flexibility index (Phi) is 6.84. The van der Waals surface area contributed by atoms with E-state index in [-0.39, 0.29) is 12.8 Å². The lowest BCUT2D eigenvalue weighted by atomic mass is 9.91. The van der Waals surface area contributed by atoms with Gasteiger partial charge < -0.3 is 24.6 Å². The minimum atomic E-state index is -4.77. The third-order valence-corrected chi connectivity index (χ3v) is 6.62. The van der Waals surface area contributed by atoms with Crippen LogP contribution in [0.3, 0.4) is 0 Å². The fraction of sp³-hybridized carbons (Fsp3) is 1.00. The molecule has 0 spiro atoms. The van der Waals surface area contributed by atoms with Crippen molar-refractivity contribution in [3.63, 3.8) is 0 Å². The molecule has 0 aromatic rings. The summed E-state index contributed by atoms with van der Waals surface area (Å²) < 4.78 is 42.5. The Hall–Kier alpha value is -0.0151. The van der Waals surface area contributed by atoms with Crippen LogP contribution in [0.1, 0.15) is 40.0 Å². The number of hydrogen-bond donors (Lipinski definition) is 3. The molecule has 0 aromatic carbocycles. The second kappa shape index (κ2) is 7.48. The summed E-state index contributed by atoms with van der Waals surface area (Å²) in [7, 11) is 2.12. The fourth-order valence-corrected chi connectivity index (χ4v) is 4.20. The van der Waals surface area contributed by atoms with Crippen LogP contribution >= 0.6 is 7.60 Å². The van der Waals surface area contributed by atoms with Gasteiger partial charge in [0.05, 0.1) is 0 Å². The highest BCUT2D eigenvalue weighted by molar-refractivity contribution is 7.54. The zero-order chi connectivity index (χ0) is 18.1. The summed E-state index contributed by atoms with van der Waals surface area (Å²) in [4.78, 5) is 10.1. The van der Waals surface area contributed by atoms with Crippen LogP contribution in [0.2, 0.25) is 0 Å². The lowest BCUT2D eigenvalue weighted by Gasteiger charge is -2.37. The van der Waals surface area contributed by atoms with Gasteiger partial charge in [0.2, 0.25) is 5.85 Å². The van der Waals surface area contributed by atoms with Crippen molar-refractivity contribution in [1.82, 2.24) is 0 Å². The third kappa shape index (κ3) is 3.81. The highest BCUT2D eigenvalue weighted by atomic mass is 31.2. The van der Waals surface area contributed by atoms with E-state index in [0.29, 0.717) is 0 Å². The molecule has 1 fully saturated rings. The summed E-state index contributed by atoms with van der Waals surface area (Å²) in [6, 6.07) is -1.11. The summed E-state index contributed by atoms with van der Waals surface area (Å²) in [6.45, 7) is 4.33. The van der Waals surface area contributed by atoms with Crippen molar-refractivity contribution in [1.29, 1.82) is 0 Å². The number of aliphatic hydroxyl groups excluding tert-OH is 1. The van der Waals surface area contributed by atoms with Crippen LogP contribution in [-0.4, -0.2) is 65.6 Å². The Balaban J connectivity index is 3.09. The average molecular weight is 354 g/mol. The first-order valence-corrected chi connectivity index (χ1v) is 9.16. The van der Waals surface area contributed by atoms with Gasteiger partial charge in [-0.1, -0.05) is 20.8 Å². The zero-order valence-corrected chi connectivity index (χ0v) is 14.7. The maximum atomic E-state index is 15.2. The molecule has 0 aliphatic carbocycles. The molecule has 23 heavy (non-hydrogen) atoms. The third-order valence-electron chi connectivity index (χ3n) is 4.39. The molecule has 2 radical (unpaired) electrons. The molecule has 10 heteroatoms. The molecular formula is C13H25BFO7P. The van der Waals surface area contributed by atoms with Crippen LogP contribution in [0.25, 0.3) is 0 Å². The lowest BCUT2D eigenvalue weighted by molar-refractivity contribution is -0.189. The van der Waals surface area contributed by atoms with Crippen molar-refractivity contribution in [2.75, 3.05) is 7.11 Å². The minimum Gasteiger partial charge on any atom is -0.387 e. The van der Waals surface area contributed by atoms with E-state index >= 15 is 4.39 Å². The normalized spacial score (nSPS) is 34.1. The van der Waals surface area contributed by atoms with Crippen LogP contribution in [-0.2, 0) is 18.6 Å². The molecule has 0 saturated carbocycles. The monoisotopic (exact) mass is 354 g/mol. The molecule has 1 heterocycles. The van der Waals surface area contributed by atoms with Crippen LogP contribution in [0, 0.1) is 0 Å². The van der Waals surface area contributed by atoms with E-state index < -0.39 is 49.5 Å². The highest BCUT2D eigenvalue weighted by Gasteiger charge is 2.58. The molecule has 1 saturated heterocycles. The first kappa shape index (κ1) is 21.0. The first-order chi connectivity index (χ1) is 10.5. The largest absolute Gasteiger partial charge is 0.387 e. The van der Waals surface area contributed by atoms with Gasteiger partial charge in [-0.3, -0.25) is 9.09 Å². The number of alkyl halides is 1. The van der Waals surface area contributed by atoms with Crippen LogP contribution in [0.4, 0.5) is 4.39 Å². The molecule has 1 aliphatic heterocycles. The van der Waals surface area contributed by atoms with E-state index in [1.54, 1.807) is 0 Å². The van der Waals surface area contributed by atoms with E-state index in [9.17, 15) is 19.7 Å². The van der Waals surface area contributed by atoms with Crippen molar-refractivity contribution in [2.24, 2.45) is 0 Å². The summed E-state index contributed by atoms with van der Waals surface area (Å²) in [6.07, 6.45) is -4.72. The zero-order valence-electron chi connectivity index (χ0n) is 13.8. The van der Waals surface area contributed by atoms with Crippen LogP contribution in [0.15, 0.2) is 0 Å². The molecule has 134 valence electrons. The highest BCUT2D eigenvalue weighted by Crippen LogP contribution is 2.61. The first-order valence-electron chi connectivity index (χ1n) is 7.58. The van der Waals surface area contributed by atoms with Gasteiger partial charge >= 0.3 is 7.60 Å². The molecule has 0 bridgehead atoms. The predicted octanol–water partition coefficient (Wildman–Crippen LogP) is 1.04. The van der Waals surface area contributed by atoms with Gasteiger partial charge in [0, 0.05) is 19.5 Å². The van der Waals surface area contributed by atoms with Crippen molar-refractivity contribution in [3.05, 3.63) is 0 Å². The quantitative estimate of drug-likeness (QED) is 0.442. The van der Waals surface area contributed by atoms with Crippen LogP contribution < -0.4 is 0 Å². The van der Waals surface area contributed by atoms with Crippen molar-refractivity contribution >= 4 is 15.4 Å². The van der Waals surface area contributed by atoms with Crippen LogP contribution in [0.5, 0.6) is 0 Å². The van der Waals surface area contributed by atoms with Gasteiger partial charge in [-0.25, -0.2) is 4.39 Å². The maximum Gasteiger partial charge on any atom is 0.362 e. The molecule has 0 amide bonds. The molecule has 1 rings (SSSR count). The van der Waals surface area contributed by atoms with Gasteiger partial charge in [0.15, 0.2) is 5.34 Å². The van der Waals surface area contributed by atoms with Gasteiger partial charge in [-0.2, -0.15) is 0 Å². The smallest absolute Gasteiger partial charge is 0.362 e. The summed E-state index contributed by atoms with van der Waals surface area (Å²) in [5.74, 6) is -2.81. The lowest BCUT2D eigenvalue weighted by Crippen LogP contribution is -2.48. The van der Waals surface area contributed by atoms with E-state index in [2.05, 4.69) is 0 Å². The number of aliphatic hydroxyl groups is 2. The number of hydrogen-bond acceptors (Lipinski definition) is 6. The van der Waals surface area contributed by atoms with E-state index in [1.807, 2.05) is 0 Å². The minimum absolute atomic E-state index is 0.106. The van der Waals surface area contributed by atoms with E-state index in [4.69, 9.17) is 21.8 Å². The Bertz CT molecular complexity index is 450. The molecule has 2 unspecified atom stereocenters. The average Bonchev–Trinajstić information content (AvgIpc) is 2.80. The Morgan fingerprint density at radius 3 is 2.17 bits per heavy atom. The summed E-state index contributed by atoms with van der Waals surface area (Å²) >= 11 is 0. The number of ether oxygens (including phenoxy) is 2. The van der Waals surface area contributed by atoms with Crippen molar-refractivity contribution in [3.8, 4) is 0 Å². The predicted molar refractivity (Wildman–Crippen MR) is 81.8 cm³/mol. The SMILES string of the molecule is [B][C@@H]1O[C@H](C(F)(CC)OP(=O)(O)C(O)(CC)CC)[C@@H](O)[C@H]1OC. The molecule has 6 atom stereocenters. The maximum absolute atomic E-state index is 15.2. The van der Waals surface area contributed by atoms with Crippen molar-refractivity contribution < 1.29 is 38.1 Å². The van der Waals surface area contributed by atoms with Gasteiger partial charge in [-0.15, -0.1) is 0 Å². The molecule has 7 nitrogen and oxygen atoms in total. The Morgan fingerprint density at radius 1 is 1.30 bits per heavy atom. The van der Waals surface area contributed by atoms with E-state index in [0.717, 1.165) is 0 Å². The number of halogens is 1. The number of rotatable bonds is 8. The fourth-order valence-electron chi connectivity index (χ4n) is 2.58. The second-order valence-electron chi connectivity index (χ2n) is 5.65. The molecule has 3 N–H and O–H groups in total. The Labute approximate surface area is 137 Å². The summed E-state index contributed by atoms with van der Waals surface area (Å²) in [5, 5.41) is 18.2. The molecule has 1 aliphatic rings. The Morgan fingerprint density at radius 2 is 1.83 bits per heavy atom. The van der Waals surface area contributed by atoms with E-state index in [1.165, 1.54) is 27.9 Å². The second-order valence-corrected chi connectivity index (χ2v) is 7.71. The standard InChI is InChI=1S/C13H25BFO7P/c1-5-12(17,6-2)23(18,19)22-13(15,7-3)10-8(16)9(20-4)11(14)21-10/h8-11,16-17H,5-7H2,1-4H3,(H,18,19)/t8-,9+,10-,11+,13?/m0/s1. The molecule has 0 aromatic heterocycles. The van der Waals surface area contributed by atoms with Gasteiger partial charge in [0.25, 0.3) is 0 Å². The topological polar surface area (TPSA) is 105 Å².